The molecule has 0 saturated carbocycles. The zero-order chi connectivity index (χ0) is 14.8. The highest BCUT2D eigenvalue weighted by molar-refractivity contribution is 5.87. The summed E-state index contributed by atoms with van der Waals surface area (Å²) in [5, 5.41) is 10.6. The molecule has 0 aliphatic carbocycles. The predicted molar refractivity (Wildman–Crippen MR) is 79.7 cm³/mol. The second-order valence-electron chi connectivity index (χ2n) is 4.84. The largest absolute Gasteiger partial charge is 0.507 e. The molecule has 0 aliphatic heterocycles. The van der Waals surface area contributed by atoms with Gasteiger partial charge in [0.25, 0.3) is 0 Å². The molecule has 0 aliphatic rings. The normalized spacial score (nSPS) is 10.7. The van der Waals surface area contributed by atoms with Crippen molar-refractivity contribution in [3.05, 3.63) is 70.1 Å². The van der Waals surface area contributed by atoms with E-state index in [1.807, 2.05) is 30.3 Å². The van der Waals surface area contributed by atoms with Crippen molar-refractivity contribution < 1.29 is 14.3 Å². The first-order chi connectivity index (χ1) is 10.1. The lowest BCUT2D eigenvalue weighted by atomic mass is 10.1. The van der Waals surface area contributed by atoms with Gasteiger partial charge in [-0.3, -0.25) is 0 Å². The van der Waals surface area contributed by atoms with Crippen LogP contribution in [0.1, 0.15) is 11.1 Å². The van der Waals surface area contributed by atoms with Crippen molar-refractivity contribution in [2.24, 2.45) is 0 Å². The third kappa shape index (κ3) is 2.74. The Hall–Kier alpha value is -2.75. The lowest BCUT2D eigenvalue weighted by Crippen LogP contribution is -1.99. The molecule has 0 bridgehead atoms. The molecule has 4 heteroatoms. The van der Waals surface area contributed by atoms with Crippen LogP contribution < -0.4 is 10.4 Å². The quantitative estimate of drug-likeness (QED) is 0.748. The monoisotopic (exact) mass is 282 g/mol. The van der Waals surface area contributed by atoms with Crippen molar-refractivity contribution in [2.45, 2.75) is 13.5 Å². The highest BCUT2D eigenvalue weighted by Crippen LogP contribution is 2.31. The summed E-state index contributed by atoms with van der Waals surface area (Å²) in [7, 11) is 0. The van der Waals surface area contributed by atoms with E-state index in [2.05, 4.69) is 0 Å². The van der Waals surface area contributed by atoms with E-state index in [0.717, 1.165) is 5.56 Å². The van der Waals surface area contributed by atoms with Crippen molar-refractivity contribution >= 4 is 11.0 Å². The Bertz CT molecular complexity index is 835. The van der Waals surface area contributed by atoms with Gasteiger partial charge in [-0.15, -0.1) is 0 Å². The van der Waals surface area contributed by atoms with Gasteiger partial charge in [-0.1, -0.05) is 30.3 Å². The van der Waals surface area contributed by atoms with Gasteiger partial charge >= 0.3 is 5.63 Å². The fraction of sp³-hybridized carbons (Fsp3) is 0.118. The maximum atomic E-state index is 11.4. The standard InChI is InChI=1S/C17H14O4/c1-11-7-16(19)21-15-9-13(8-14(18)17(11)15)20-10-12-5-3-2-4-6-12/h2-9,18H,10H2,1H3. The second-order valence-corrected chi connectivity index (χ2v) is 4.84. The maximum Gasteiger partial charge on any atom is 0.336 e. The van der Waals surface area contributed by atoms with E-state index in [4.69, 9.17) is 9.15 Å². The van der Waals surface area contributed by atoms with Crippen LogP contribution in [0.3, 0.4) is 0 Å². The highest BCUT2D eigenvalue weighted by Gasteiger charge is 2.10. The Morgan fingerprint density at radius 2 is 1.90 bits per heavy atom. The summed E-state index contributed by atoms with van der Waals surface area (Å²) in [5.74, 6) is 0.495. The smallest absolute Gasteiger partial charge is 0.336 e. The molecule has 0 radical (unpaired) electrons. The number of hydrogen-bond donors (Lipinski definition) is 1. The lowest BCUT2D eigenvalue weighted by molar-refractivity contribution is 0.304. The van der Waals surface area contributed by atoms with E-state index in [-0.39, 0.29) is 5.75 Å². The first-order valence-electron chi connectivity index (χ1n) is 6.58. The van der Waals surface area contributed by atoms with Crippen LogP contribution in [0.2, 0.25) is 0 Å². The molecule has 2 aromatic carbocycles. The van der Waals surface area contributed by atoms with Crippen LogP contribution in [0.4, 0.5) is 0 Å². The fourth-order valence-electron chi connectivity index (χ4n) is 2.26. The van der Waals surface area contributed by atoms with Crippen molar-refractivity contribution in [1.82, 2.24) is 0 Å². The van der Waals surface area contributed by atoms with Crippen molar-refractivity contribution in [2.75, 3.05) is 0 Å². The van der Waals surface area contributed by atoms with Crippen molar-refractivity contribution in [3.8, 4) is 11.5 Å². The van der Waals surface area contributed by atoms with Gasteiger partial charge in [-0.2, -0.15) is 0 Å². The summed E-state index contributed by atoms with van der Waals surface area (Å²) in [6.45, 7) is 2.13. The van der Waals surface area contributed by atoms with E-state index in [0.29, 0.717) is 28.9 Å². The molecular formula is C17H14O4. The highest BCUT2D eigenvalue weighted by atomic mass is 16.5. The summed E-state index contributed by atoms with van der Waals surface area (Å²) >= 11 is 0. The second kappa shape index (κ2) is 5.32. The Kier molecular flexibility index (Phi) is 3.36. The van der Waals surface area contributed by atoms with E-state index < -0.39 is 5.63 Å². The van der Waals surface area contributed by atoms with Gasteiger partial charge in [0, 0.05) is 18.2 Å². The SMILES string of the molecule is Cc1cc(=O)oc2cc(OCc3ccccc3)cc(O)c12. The number of hydrogen-bond acceptors (Lipinski definition) is 4. The van der Waals surface area contributed by atoms with E-state index >= 15 is 0 Å². The summed E-state index contributed by atoms with van der Waals surface area (Å²) in [6.07, 6.45) is 0. The molecule has 21 heavy (non-hydrogen) atoms. The molecular weight excluding hydrogens is 268 g/mol. The number of ether oxygens (including phenoxy) is 1. The van der Waals surface area contributed by atoms with Gasteiger partial charge in [0.05, 0.1) is 5.39 Å². The summed E-state index contributed by atoms with van der Waals surface area (Å²) in [4.78, 5) is 11.4. The minimum atomic E-state index is -0.445. The van der Waals surface area contributed by atoms with Gasteiger partial charge < -0.3 is 14.3 Å². The van der Waals surface area contributed by atoms with Gasteiger partial charge in [-0.05, 0) is 18.1 Å². The van der Waals surface area contributed by atoms with Crippen LogP contribution >= 0.6 is 0 Å². The Morgan fingerprint density at radius 3 is 2.67 bits per heavy atom. The maximum absolute atomic E-state index is 11.4. The average molecular weight is 282 g/mol. The van der Waals surface area contributed by atoms with Gasteiger partial charge in [0.15, 0.2) is 0 Å². The molecule has 1 aromatic heterocycles. The van der Waals surface area contributed by atoms with E-state index in [9.17, 15) is 9.90 Å². The number of benzene rings is 2. The van der Waals surface area contributed by atoms with Gasteiger partial charge in [-0.25, -0.2) is 4.79 Å². The zero-order valence-corrected chi connectivity index (χ0v) is 11.5. The number of aromatic hydroxyl groups is 1. The van der Waals surface area contributed by atoms with Crippen LogP contribution in [-0.2, 0) is 6.61 Å². The fourth-order valence-corrected chi connectivity index (χ4v) is 2.26. The molecule has 1 heterocycles. The summed E-state index contributed by atoms with van der Waals surface area (Å²) in [5.41, 5.74) is 1.57. The molecule has 0 atom stereocenters. The summed E-state index contributed by atoms with van der Waals surface area (Å²) in [6, 6.07) is 14.2. The number of phenolic OH excluding ortho intramolecular Hbond substituents is 1. The van der Waals surface area contributed by atoms with Crippen LogP contribution in [0.15, 0.2) is 57.7 Å². The molecule has 1 N–H and O–H groups in total. The lowest BCUT2D eigenvalue weighted by Gasteiger charge is -2.09. The minimum Gasteiger partial charge on any atom is -0.507 e. The molecule has 106 valence electrons. The Labute approximate surface area is 121 Å². The molecule has 3 aromatic rings. The predicted octanol–water partition coefficient (Wildman–Crippen LogP) is 3.39. The topological polar surface area (TPSA) is 59.7 Å². The third-order valence-electron chi connectivity index (χ3n) is 3.24. The molecule has 0 spiro atoms. The molecule has 4 nitrogen and oxygen atoms in total. The molecule has 0 amide bonds. The van der Waals surface area contributed by atoms with Crippen LogP contribution in [0, 0.1) is 6.92 Å². The van der Waals surface area contributed by atoms with Gasteiger partial charge in [0.2, 0.25) is 0 Å². The van der Waals surface area contributed by atoms with Crippen LogP contribution in [-0.4, -0.2) is 5.11 Å². The number of phenols is 1. The zero-order valence-electron chi connectivity index (χ0n) is 11.5. The third-order valence-corrected chi connectivity index (χ3v) is 3.24. The minimum absolute atomic E-state index is 0.0387. The molecule has 0 unspecified atom stereocenters. The Balaban J connectivity index is 1.95. The first kappa shape index (κ1) is 13.2. The molecule has 0 saturated heterocycles. The number of fused-ring (bicyclic) bond motifs is 1. The first-order valence-corrected chi connectivity index (χ1v) is 6.58. The number of rotatable bonds is 3. The average Bonchev–Trinajstić information content (AvgIpc) is 2.45. The number of aryl methyl sites for hydroxylation is 1. The van der Waals surface area contributed by atoms with Crippen molar-refractivity contribution in [1.29, 1.82) is 0 Å². The van der Waals surface area contributed by atoms with Crippen LogP contribution in [0.5, 0.6) is 11.5 Å². The van der Waals surface area contributed by atoms with Crippen molar-refractivity contribution in [3.63, 3.8) is 0 Å². The summed E-state index contributed by atoms with van der Waals surface area (Å²) < 4.78 is 10.8. The molecule has 0 fully saturated rings. The van der Waals surface area contributed by atoms with E-state index in [1.54, 1.807) is 13.0 Å². The molecule has 3 rings (SSSR count). The van der Waals surface area contributed by atoms with Crippen LogP contribution in [0.25, 0.3) is 11.0 Å². The van der Waals surface area contributed by atoms with Gasteiger partial charge in [0.1, 0.15) is 23.7 Å². The van der Waals surface area contributed by atoms with E-state index in [1.165, 1.54) is 12.1 Å². The Morgan fingerprint density at radius 1 is 1.14 bits per heavy atom.